The number of carbonyl (C=O) groups is 2. The van der Waals surface area contributed by atoms with Gasteiger partial charge in [0.25, 0.3) is 11.5 Å². The first-order chi connectivity index (χ1) is 12.8. The monoisotopic (exact) mass is 384 g/mol. The molecule has 0 spiro atoms. The molecule has 1 aromatic carbocycles. The van der Waals surface area contributed by atoms with E-state index in [2.05, 4.69) is 15.4 Å². The molecule has 138 valence electrons. The number of nitrogens with zero attached hydrogens (tertiary/aromatic N) is 2. The quantitative estimate of drug-likeness (QED) is 0.706. The molecule has 8 heteroatoms. The predicted octanol–water partition coefficient (Wildman–Crippen LogP) is 2.91. The lowest BCUT2D eigenvalue weighted by atomic mass is 10.1. The number of Topliss-reactive ketones (excluding diaryl/α,β-unsaturated/α-hetero) is 1. The van der Waals surface area contributed by atoms with Gasteiger partial charge < -0.3 is 5.32 Å². The minimum Gasteiger partial charge on any atom is -0.322 e. The lowest BCUT2D eigenvalue weighted by Crippen LogP contribution is -2.20. The first-order valence-corrected chi connectivity index (χ1v) is 8.56. The van der Waals surface area contributed by atoms with Gasteiger partial charge in [-0.2, -0.15) is 0 Å². The van der Waals surface area contributed by atoms with Gasteiger partial charge in [-0.05, 0) is 50.2 Å². The molecule has 0 atom stereocenters. The van der Waals surface area contributed by atoms with E-state index in [9.17, 15) is 14.4 Å². The fourth-order valence-electron chi connectivity index (χ4n) is 2.59. The zero-order valence-corrected chi connectivity index (χ0v) is 15.5. The number of rotatable bonds is 5. The molecule has 0 aliphatic rings. The summed E-state index contributed by atoms with van der Waals surface area (Å²) in [6.07, 6.45) is 1.45. The van der Waals surface area contributed by atoms with Crippen molar-refractivity contribution < 1.29 is 9.59 Å². The summed E-state index contributed by atoms with van der Waals surface area (Å²) in [6, 6.07) is 9.88. The molecule has 2 heterocycles. The van der Waals surface area contributed by atoms with E-state index in [0.717, 1.165) is 0 Å². The van der Waals surface area contributed by atoms with Crippen LogP contribution in [0.15, 0.2) is 47.4 Å². The molecular formula is C19H17ClN4O3. The molecule has 2 aromatic heterocycles. The number of aryl methyl sites for hydroxylation is 1. The molecule has 0 radical (unpaired) electrons. The Hall–Kier alpha value is -3.19. The largest absolute Gasteiger partial charge is 0.322 e. The van der Waals surface area contributed by atoms with Crippen LogP contribution in [-0.2, 0) is 11.2 Å². The second kappa shape index (κ2) is 7.59. The van der Waals surface area contributed by atoms with Crippen molar-refractivity contribution in [3.63, 3.8) is 0 Å². The number of benzene rings is 1. The Kier molecular flexibility index (Phi) is 5.23. The van der Waals surface area contributed by atoms with Crippen molar-refractivity contribution >= 4 is 29.0 Å². The Morgan fingerprint density at radius 3 is 2.48 bits per heavy atom. The van der Waals surface area contributed by atoms with E-state index in [4.69, 9.17) is 11.6 Å². The number of pyridine rings is 1. The Labute approximate surface area is 160 Å². The number of ketones is 1. The SMILES string of the molecule is CC(=O)Cc1c(C)[nH]n(-c2ccc(C(=O)Nc3ccc(Cl)cc3)cn2)c1=O. The number of aromatic amines is 1. The number of halogens is 1. The highest BCUT2D eigenvalue weighted by molar-refractivity contribution is 6.30. The molecule has 1 amide bonds. The van der Waals surface area contributed by atoms with Gasteiger partial charge >= 0.3 is 0 Å². The van der Waals surface area contributed by atoms with Crippen LogP contribution in [0.4, 0.5) is 5.69 Å². The Morgan fingerprint density at radius 2 is 1.89 bits per heavy atom. The van der Waals surface area contributed by atoms with E-state index in [1.54, 1.807) is 43.3 Å². The maximum Gasteiger partial charge on any atom is 0.276 e. The third-order valence-electron chi connectivity index (χ3n) is 3.96. The predicted molar refractivity (Wildman–Crippen MR) is 103 cm³/mol. The van der Waals surface area contributed by atoms with Crippen molar-refractivity contribution in [2.75, 3.05) is 5.32 Å². The van der Waals surface area contributed by atoms with Crippen LogP contribution in [0.2, 0.25) is 5.02 Å². The van der Waals surface area contributed by atoms with Crippen LogP contribution in [0.25, 0.3) is 5.82 Å². The van der Waals surface area contributed by atoms with E-state index in [1.165, 1.54) is 17.8 Å². The molecule has 3 aromatic rings. The molecule has 0 saturated heterocycles. The second-order valence-corrected chi connectivity index (χ2v) is 6.54. The third kappa shape index (κ3) is 4.15. The van der Waals surface area contributed by atoms with Crippen LogP contribution in [0.3, 0.4) is 0 Å². The van der Waals surface area contributed by atoms with E-state index < -0.39 is 0 Å². The van der Waals surface area contributed by atoms with Crippen molar-refractivity contribution in [2.24, 2.45) is 0 Å². The fraction of sp³-hybridized carbons (Fsp3) is 0.158. The van der Waals surface area contributed by atoms with Crippen LogP contribution < -0.4 is 10.9 Å². The number of nitrogens with one attached hydrogen (secondary N) is 2. The van der Waals surface area contributed by atoms with Gasteiger partial charge in [-0.3, -0.25) is 19.5 Å². The molecule has 27 heavy (non-hydrogen) atoms. The first-order valence-electron chi connectivity index (χ1n) is 8.18. The number of aromatic nitrogens is 3. The number of amides is 1. The maximum atomic E-state index is 12.5. The molecule has 0 saturated carbocycles. The number of hydrogen-bond donors (Lipinski definition) is 2. The topological polar surface area (TPSA) is 96.8 Å². The van der Waals surface area contributed by atoms with Crippen molar-refractivity contribution in [3.05, 3.63) is 74.8 Å². The molecule has 7 nitrogen and oxygen atoms in total. The minimum atomic E-state index is -0.330. The van der Waals surface area contributed by atoms with Gasteiger partial charge in [0.2, 0.25) is 0 Å². The summed E-state index contributed by atoms with van der Waals surface area (Å²) in [4.78, 5) is 40.3. The molecule has 3 rings (SSSR count). The molecule has 0 fully saturated rings. The lowest BCUT2D eigenvalue weighted by Gasteiger charge is -2.06. The summed E-state index contributed by atoms with van der Waals surface area (Å²) < 4.78 is 1.26. The normalized spacial score (nSPS) is 10.6. The van der Waals surface area contributed by atoms with E-state index in [-0.39, 0.29) is 23.7 Å². The van der Waals surface area contributed by atoms with E-state index in [0.29, 0.717) is 33.3 Å². The number of hydrogen-bond acceptors (Lipinski definition) is 4. The number of H-pyrrole nitrogens is 1. The van der Waals surface area contributed by atoms with Gasteiger partial charge in [0.1, 0.15) is 5.78 Å². The first kappa shape index (κ1) is 18.6. The van der Waals surface area contributed by atoms with Crippen LogP contribution in [0, 0.1) is 6.92 Å². The smallest absolute Gasteiger partial charge is 0.276 e. The van der Waals surface area contributed by atoms with Gasteiger partial charge in [-0.15, -0.1) is 0 Å². The lowest BCUT2D eigenvalue weighted by molar-refractivity contribution is -0.116. The van der Waals surface area contributed by atoms with Crippen molar-refractivity contribution in [2.45, 2.75) is 20.3 Å². The summed E-state index contributed by atoms with van der Waals surface area (Å²) in [5.74, 6) is -0.0897. The standard InChI is InChI=1S/C19H17ClN4O3/c1-11(25)9-16-12(2)23-24(19(16)27)17-8-3-13(10-21-17)18(26)22-15-6-4-14(20)5-7-15/h3-8,10,23H,9H2,1-2H3,(H,22,26). The van der Waals surface area contributed by atoms with Gasteiger partial charge in [0.15, 0.2) is 5.82 Å². The average molecular weight is 385 g/mol. The summed E-state index contributed by atoms with van der Waals surface area (Å²) in [5.41, 5.74) is 1.65. The Morgan fingerprint density at radius 1 is 1.19 bits per heavy atom. The number of carbonyl (C=O) groups excluding carboxylic acids is 2. The van der Waals surface area contributed by atoms with Crippen molar-refractivity contribution in [1.29, 1.82) is 0 Å². The highest BCUT2D eigenvalue weighted by Gasteiger charge is 2.15. The molecule has 0 unspecified atom stereocenters. The maximum absolute atomic E-state index is 12.5. The summed E-state index contributed by atoms with van der Waals surface area (Å²) >= 11 is 5.82. The minimum absolute atomic E-state index is 0.0652. The highest BCUT2D eigenvalue weighted by Crippen LogP contribution is 2.15. The highest BCUT2D eigenvalue weighted by atomic mass is 35.5. The van der Waals surface area contributed by atoms with Gasteiger partial charge in [0.05, 0.1) is 5.56 Å². The average Bonchev–Trinajstić information content (AvgIpc) is 2.91. The van der Waals surface area contributed by atoms with E-state index >= 15 is 0 Å². The summed E-state index contributed by atoms with van der Waals surface area (Å²) in [5, 5.41) is 6.22. The second-order valence-electron chi connectivity index (χ2n) is 6.10. The fourth-order valence-corrected chi connectivity index (χ4v) is 2.71. The Bertz CT molecular complexity index is 1050. The zero-order chi connectivity index (χ0) is 19.6. The van der Waals surface area contributed by atoms with Crippen molar-refractivity contribution in [3.8, 4) is 5.82 Å². The molecule has 2 N–H and O–H groups in total. The number of anilines is 1. The van der Waals surface area contributed by atoms with Crippen LogP contribution in [-0.4, -0.2) is 26.5 Å². The zero-order valence-electron chi connectivity index (χ0n) is 14.7. The van der Waals surface area contributed by atoms with Crippen molar-refractivity contribution in [1.82, 2.24) is 14.8 Å². The van der Waals surface area contributed by atoms with Gasteiger partial charge in [0, 0.05) is 34.6 Å². The summed E-state index contributed by atoms with van der Waals surface area (Å²) in [6.45, 7) is 3.16. The molecular weight excluding hydrogens is 368 g/mol. The van der Waals surface area contributed by atoms with Crippen LogP contribution >= 0.6 is 11.6 Å². The summed E-state index contributed by atoms with van der Waals surface area (Å²) in [7, 11) is 0. The van der Waals surface area contributed by atoms with Gasteiger partial charge in [-0.1, -0.05) is 11.6 Å². The van der Waals surface area contributed by atoms with Gasteiger partial charge in [-0.25, -0.2) is 9.67 Å². The molecule has 0 aliphatic heterocycles. The van der Waals surface area contributed by atoms with E-state index in [1.807, 2.05) is 0 Å². The molecule has 0 aliphatic carbocycles. The molecule has 0 bridgehead atoms. The third-order valence-corrected chi connectivity index (χ3v) is 4.21. The van der Waals surface area contributed by atoms with Crippen LogP contribution in [0.1, 0.15) is 28.5 Å². The Balaban J connectivity index is 1.81. The van der Waals surface area contributed by atoms with Crippen LogP contribution in [0.5, 0.6) is 0 Å².